The number of carbonyl (C=O) groups is 1. The highest BCUT2D eigenvalue weighted by Crippen LogP contribution is 2.54. The Bertz CT molecular complexity index is 707. The van der Waals surface area contributed by atoms with Crippen LogP contribution in [0, 0.1) is 5.92 Å². The standard InChI is InChI=1S/C10H9BrClN.C10H19NO3/c11-9-3-6(12)2-8-7-1-5(7)4-13-10(8)9;1-10(2,3)14-9(13)11-6-4-5-8(11)7-12/h2-3,5,7,13H,1,4H2;8,12H,4-7H2,1-3H3. The van der Waals surface area contributed by atoms with Gasteiger partial charge in [-0.1, -0.05) is 11.6 Å². The summed E-state index contributed by atoms with van der Waals surface area (Å²) in [6.45, 7) is 7.37. The van der Waals surface area contributed by atoms with Crippen LogP contribution < -0.4 is 5.32 Å². The molecule has 0 radical (unpaired) electrons. The van der Waals surface area contributed by atoms with Gasteiger partial charge in [-0.15, -0.1) is 0 Å². The van der Waals surface area contributed by atoms with E-state index in [1.165, 1.54) is 17.7 Å². The van der Waals surface area contributed by atoms with E-state index in [4.69, 9.17) is 21.4 Å². The van der Waals surface area contributed by atoms with Gasteiger partial charge in [0.15, 0.2) is 0 Å². The first kappa shape index (κ1) is 20.7. The number of nitrogens with one attached hydrogen (secondary N) is 1. The number of carbonyl (C=O) groups excluding carboxylic acids is 1. The van der Waals surface area contributed by atoms with Crippen LogP contribution in [0.15, 0.2) is 16.6 Å². The third-order valence-corrected chi connectivity index (χ3v) is 6.01. The van der Waals surface area contributed by atoms with E-state index in [1.54, 1.807) is 4.90 Å². The van der Waals surface area contributed by atoms with Crippen LogP contribution in [0.2, 0.25) is 5.02 Å². The van der Waals surface area contributed by atoms with E-state index in [1.807, 2.05) is 26.8 Å². The van der Waals surface area contributed by atoms with Gasteiger partial charge >= 0.3 is 6.09 Å². The zero-order valence-electron chi connectivity index (χ0n) is 16.1. The fourth-order valence-electron chi connectivity index (χ4n) is 3.75. The van der Waals surface area contributed by atoms with Gasteiger partial charge in [-0.05, 0) is 85.5 Å². The van der Waals surface area contributed by atoms with Gasteiger partial charge in [0.05, 0.1) is 18.3 Å². The second kappa shape index (κ2) is 8.18. The van der Waals surface area contributed by atoms with Gasteiger partial charge in [-0.25, -0.2) is 4.79 Å². The predicted octanol–water partition coefficient (Wildman–Crippen LogP) is 5.01. The van der Waals surface area contributed by atoms with Crippen molar-refractivity contribution in [3.8, 4) is 0 Å². The van der Waals surface area contributed by atoms with Crippen molar-refractivity contribution in [2.24, 2.45) is 5.92 Å². The van der Waals surface area contributed by atoms with Crippen molar-refractivity contribution in [3.63, 3.8) is 0 Å². The fourth-order valence-corrected chi connectivity index (χ4v) is 4.72. The minimum Gasteiger partial charge on any atom is -0.444 e. The maximum Gasteiger partial charge on any atom is 0.410 e. The molecule has 7 heteroatoms. The van der Waals surface area contributed by atoms with Gasteiger partial charge in [0.25, 0.3) is 0 Å². The normalized spacial score (nSPS) is 25.6. The SMILES string of the molecule is CC(C)(C)OC(=O)N1CCCC1CO.Clc1cc(Br)c2c(c1)C1CC1CN2. The third kappa shape index (κ3) is 5.09. The average Bonchev–Trinajstić information content (AvgIpc) is 3.21. The lowest BCUT2D eigenvalue weighted by molar-refractivity contribution is 0.0176. The molecule has 2 fully saturated rings. The van der Waals surface area contributed by atoms with Gasteiger partial charge in [-0.2, -0.15) is 0 Å². The number of fused-ring (bicyclic) bond motifs is 3. The largest absolute Gasteiger partial charge is 0.444 e. The Labute approximate surface area is 174 Å². The Morgan fingerprint density at radius 2 is 2.19 bits per heavy atom. The summed E-state index contributed by atoms with van der Waals surface area (Å²) in [5, 5.41) is 13.3. The second-order valence-corrected chi connectivity index (χ2v) is 9.78. The van der Waals surface area contributed by atoms with E-state index in [0.717, 1.165) is 40.7 Å². The van der Waals surface area contributed by atoms with Crippen LogP contribution in [0.3, 0.4) is 0 Å². The summed E-state index contributed by atoms with van der Waals surface area (Å²) >= 11 is 9.54. The molecule has 2 N–H and O–H groups in total. The van der Waals surface area contributed by atoms with Gasteiger partial charge in [0.1, 0.15) is 5.60 Å². The summed E-state index contributed by atoms with van der Waals surface area (Å²) in [4.78, 5) is 13.2. The quantitative estimate of drug-likeness (QED) is 0.620. The first-order chi connectivity index (χ1) is 12.7. The summed E-state index contributed by atoms with van der Waals surface area (Å²) in [5.41, 5.74) is 2.19. The average molecular weight is 460 g/mol. The zero-order chi connectivity index (χ0) is 19.8. The molecule has 0 spiro atoms. The molecule has 1 aromatic carbocycles. The molecule has 0 bridgehead atoms. The van der Waals surface area contributed by atoms with Crippen LogP contribution >= 0.6 is 27.5 Å². The molecular formula is C20H28BrClN2O3. The summed E-state index contributed by atoms with van der Waals surface area (Å²) < 4.78 is 6.33. The number of amides is 1. The Hall–Kier alpha value is -0.980. The number of ether oxygens (including phenoxy) is 1. The molecule has 3 unspecified atom stereocenters. The Morgan fingerprint density at radius 3 is 2.85 bits per heavy atom. The lowest BCUT2D eigenvalue weighted by atomic mass is 10.0. The monoisotopic (exact) mass is 458 g/mol. The number of hydrogen-bond donors (Lipinski definition) is 2. The third-order valence-electron chi connectivity index (χ3n) is 5.16. The number of halogens is 2. The van der Waals surface area contributed by atoms with Gasteiger partial charge in [0, 0.05) is 22.6 Å². The van der Waals surface area contributed by atoms with E-state index in [0.29, 0.717) is 6.54 Å². The van der Waals surface area contributed by atoms with Crippen LogP contribution in [0.5, 0.6) is 0 Å². The van der Waals surface area contributed by atoms with E-state index < -0.39 is 5.60 Å². The van der Waals surface area contributed by atoms with E-state index in [9.17, 15) is 4.79 Å². The van der Waals surface area contributed by atoms with E-state index >= 15 is 0 Å². The highest BCUT2D eigenvalue weighted by atomic mass is 79.9. The van der Waals surface area contributed by atoms with E-state index in [-0.39, 0.29) is 18.7 Å². The highest BCUT2D eigenvalue weighted by Gasteiger charge is 2.42. The summed E-state index contributed by atoms with van der Waals surface area (Å²) in [6, 6.07) is 4.00. The number of hydrogen-bond acceptors (Lipinski definition) is 4. The van der Waals surface area contributed by atoms with Crippen LogP contribution in [0.4, 0.5) is 10.5 Å². The fraction of sp³-hybridized carbons (Fsp3) is 0.650. The molecule has 2 heterocycles. The number of likely N-dealkylation sites (tertiary alicyclic amines) is 1. The molecule has 0 aromatic heterocycles. The Morgan fingerprint density at radius 1 is 1.44 bits per heavy atom. The van der Waals surface area contributed by atoms with Crippen LogP contribution in [-0.2, 0) is 4.74 Å². The molecule has 5 nitrogen and oxygen atoms in total. The second-order valence-electron chi connectivity index (χ2n) is 8.49. The smallest absolute Gasteiger partial charge is 0.410 e. The summed E-state index contributed by atoms with van der Waals surface area (Å²) in [5.74, 6) is 1.63. The van der Waals surface area contributed by atoms with Crippen LogP contribution in [0.1, 0.15) is 51.5 Å². The summed E-state index contributed by atoms with van der Waals surface area (Å²) in [7, 11) is 0. The number of aliphatic hydroxyl groups is 1. The molecule has 3 aliphatic rings. The number of rotatable bonds is 1. The van der Waals surface area contributed by atoms with Crippen molar-refractivity contribution < 1.29 is 14.6 Å². The zero-order valence-corrected chi connectivity index (χ0v) is 18.4. The van der Waals surface area contributed by atoms with Crippen molar-refractivity contribution in [2.75, 3.05) is 25.0 Å². The number of anilines is 1. The maximum absolute atomic E-state index is 11.6. The molecule has 1 aliphatic carbocycles. The van der Waals surface area contributed by atoms with Crippen molar-refractivity contribution in [1.82, 2.24) is 4.90 Å². The molecule has 2 aliphatic heterocycles. The Balaban J connectivity index is 0.000000156. The van der Waals surface area contributed by atoms with Crippen molar-refractivity contribution in [3.05, 3.63) is 27.2 Å². The molecule has 27 heavy (non-hydrogen) atoms. The van der Waals surface area contributed by atoms with Crippen molar-refractivity contribution in [2.45, 2.75) is 57.6 Å². The Kier molecular flexibility index (Phi) is 6.28. The molecule has 150 valence electrons. The number of nitrogens with zero attached hydrogens (tertiary/aromatic N) is 1. The van der Waals surface area contributed by atoms with Crippen LogP contribution in [-0.4, -0.2) is 47.4 Å². The van der Waals surface area contributed by atoms with Crippen molar-refractivity contribution in [1.29, 1.82) is 0 Å². The minimum absolute atomic E-state index is 0.0270. The maximum atomic E-state index is 11.6. The lowest BCUT2D eigenvalue weighted by Crippen LogP contribution is -2.41. The molecule has 1 aromatic rings. The summed E-state index contributed by atoms with van der Waals surface area (Å²) in [6.07, 6.45) is 2.83. The first-order valence-corrected chi connectivity index (χ1v) is 10.7. The van der Waals surface area contributed by atoms with Gasteiger partial charge in [0.2, 0.25) is 0 Å². The molecule has 1 saturated carbocycles. The number of aliphatic hydroxyl groups excluding tert-OH is 1. The van der Waals surface area contributed by atoms with Gasteiger partial charge in [-0.3, -0.25) is 0 Å². The number of benzene rings is 1. The van der Waals surface area contributed by atoms with Gasteiger partial charge < -0.3 is 20.1 Å². The van der Waals surface area contributed by atoms with Crippen molar-refractivity contribution >= 4 is 39.3 Å². The van der Waals surface area contributed by atoms with Crippen LogP contribution in [0.25, 0.3) is 0 Å². The lowest BCUT2D eigenvalue weighted by Gasteiger charge is -2.27. The van der Waals surface area contributed by atoms with E-state index in [2.05, 4.69) is 27.3 Å². The topological polar surface area (TPSA) is 61.8 Å². The molecular weight excluding hydrogens is 432 g/mol. The first-order valence-electron chi connectivity index (χ1n) is 9.53. The minimum atomic E-state index is -0.459. The predicted molar refractivity (Wildman–Crippen MR) is 112 cm³/mol. The molecule has 4 rings (SSSR count). The molecule has 1 amide bonds. The molecule has 1 saturated heterocycles. The highest BCUT2D eigenvalue weighted by molar-refractivity contribution is 9.10. The molecule has 3 atom stereocenters.